The first-order chi connectivity index (χ1) is 14.9. The van der Waals surface area contributed by atoms with Gasteiger partial charge in [-0.2, -0.15) is 4.31 Å². The molecule has 0 radical (unpaired) electrons. The maximum atomic E-state index is 12.6. The molecule has 2 aromatic carbocycles. The Morgan fingerprint density at radius 1 is 1.06 bits per heavy atom. The first-order valence-corrected chi connectivity index (χ1v) is 12.1. The molecule has 0 aromatic heterocycles. The van der Waals surface area contributed by atoms with Crippen molar-refractivity contribution in [1.82, 2.24) is 9.21 Å². The lowest BCUT2D eigenvalue weighted by Crippen LogP contribution is -2.41. The van der Waals surface area contributed by atoms with Crippen molar-refractivity contribution in [2.75, 3.05) is 33.3 Å². The molecule has 0 unspecified atom stereocenters. The third kappa shape index (κ3) is 5.02. The average Bonchev–Trinajstić information content (AvgIpc) is 3.33. The second kappa shape index (κ2) is 9.28. The minimum absolute atomic E-state index is 0.0104. The van der Waals surface area contributed by atoms with Crippen LogP contribution in [-0.2, 0) is 21.2 Å². The summed E-state index contributed by atoms with van der Waals surface area (Å²) < 4.78 is 38.4. The van der Waals surface area contributed by atoms with E-state index in [2.05, 4.69) is 0 Å². The number of sulfonamides is 1. The molecule has 2 aliphatic rings. The molecule has 0 saturated carbocycles. The fraction of sp³-hybridized carbons (Fsp3) is 0.435. The third-order valence-electron chi connectivity index (χ3n) is 5.72. The summed E-state index contributed by atoms with van der Waals surface area (Å²) >= 11 is 0. The lowest BCUT2D eigenvalue weighted by Gasteiger charge is -2.29. The number of hydrogen-bond acceptors (Lipinski definition) is 5. The van der Waals surface area contributed by atoms with Crippen molar-refractivity contribution in [2.45, 2.75) is 36.7 Å². The molecule has 2 aliphatic heterocycles. The van der Waals surface area contributed by atoms with Crippen molar-refractivity contribution in [3.05, 3.63) is 54.1 Å². The van der Waals surface area contributed by atoms with Crippen LogP contribution in [0.5, 0.6) is 11.5 Å². The Hall–Kier alpha value is -2.58. The van der Waals surface area contributed by atoms with Crippen molar-refractivity contribution >= 4 is 15.9 Å². The number of nitrogens with zero attached hydrogens (tertiary/aromatic N) is 2. The van der Waals surface area contributed by atoms with Gasteiger partial charge in [-0.1, -0.05) is 24.3 Å². The number of fused-ring (bicyclic) bond motifs is 1. The van der Waals surface area contributed by atoms with Gasteiger partial charge in [-0.3, -0.25) is 4.79 Å². The number of ether oxygens (including phenoxy) is 2. The van der Waals surface area contributed by atoms with E-state index in [1.807, 2.05) is 24.3 Å². The van der Waals surface area contributed by atoms with Gasteiger partial charge in [-0.25, -0.2) is 8.42 Å². The Bertz CT molecular complexity index is 1020. The quantitative estimate of drug-likeness (QED) is 0.656. The molecule has 0 aliphatic carbocycles. The minimum Gasteiger partial charge on any atom is -0.486 e. The highest BCUT2D eigenvalue weighted by atomic mass is 32.2. The fourth-order valence-electron chi connectivity index (χ4n) is 3.91. The summed E-state index contributed by atoms with van der Waals surface area (Å²) in [6, 6.07) is 14.4. The van der Waals surface area contributed by atoms with Gasteiger partial charge in [-0.05, 0) is 49.1 Å². The molecule has 2 aromatic rings. The molecular weight excluding hydrogens is 416 g/mol. The van der Waals surface area contributed by atoms with Crippen molar-refractivity contribution in [1.29, 1.82) is 0 Å². The van der Waals surface area contributed by atoms with Crippen molar-refractivity contribution in [3.8, 4) is 11.5 Å². The first kappa shape index (κ1) is 21.6. The van der Waals surface area contributed by atoms with E-state index in [9.17, 15) is 13.2 Å². The van der Waals surface area contributed by atoms with Gasteiger partial charge in [0.15, 0.2) is 17.6 Å². The number of benzene rings is 2. The third-order valence-corrected chi connectivity index (χ3v) is 7.64. The SMILES string of the molecule is CN(C[C@@H]1COc2ccccc2O1)C(=O)CCc1ccc(S(=O)(=O)N2CCCC2)cc1. The molecule has 166 valence electrons. The molecule has 7 nitrogen and oxygen atoms in total. The molecule has 31 heavy (non-hydrogen) atoms. The van der Waals surface area contributed by atoms with Gasteiger partial charge in [0.05, 0.1) is 11.4 Å². The smallest absolute Gasteiger partial charge is 0.243 e. The van der Waals surface area contributed by atoms with E-state index in [0.29, 0.717) is 49.7 Å². The largest absolute Gasteiger partial charge is 0.486 e. The van der Waals surface area contributed by atoms with E-state index in [0.717, 1.165) is 24.2 Å². The number of carbonyl (C=O) groups is 1. The molecule has 0 N–H and O–H groups in total. The lowest BCUT2D eigenvalue weighted by atomic mass is 10.1. The van der Waals surface area contributed by atoms with Crippen LogP contribution in [0.15, 0.2) is 53.4 Å². The standard InChI is InChI=1S/C23H28N2O5S/c1-24(16-19-17-29-21-6-2-3-7-22(21)30-19)23(26)13-10-18-8-11-20(12-9-18)31(27,28)25-14-4-5-15-25/h2-3,6-9,11-12,19H,4-5,10,13-17H2,1H3/t19-/m1/s1. The topological polar surface area (TPSA) is 76.1 Å². The summed E-state index contributed by atoms with van der Waals surface area (Å²) in [5.74, 6) is 1.43. The average molecular weight is 445 g/mol. The maximum absolute atomic E-state index is 12.6. The summed E-state index contributed by atoms with van der Waals surface area (Å²) in [4.78, 5) is 14.5. The molecule has 2 heterocycles. The van der Waals surface area contributed by atoms with Gasteiger partial charge in [0.25, 0.3) is 0 Å². The lowest BCUT2D eigenvalue weighted by molar-refractivity contribution is -0.131. The van der Waals surface area contributed by atoms with Crippen LogP contribution >= 0.6 is 0 Å². The maximum Gasteiger partial charge on any atom is 0.243 e. The van der Waals surface area contributed by atoms with Crippen LogP contribution < -0.4 is 9.47 Å². The van der Waals surface area contributed by atoms with Gasteiger partial charge in [0.2, 0.25) is 15.9 Å². The number of para-hydroxylation sites is 2. The molecule has 1 saturated heterocycles. The Balaban J connectivity index is 1.27. The molecule has 4 rings (SSSR count). The molecule has 1 atom stereocenters. The molecule has 1 amide bonds. The van der Waals surface area contributed by atoms with Crippen LogP contribution in [0.25, 0.3) is 0 Å². The van der Waals surface area contributed by atoms with Crippen LogP contribution in [0.1, 0.15) is 24.8 Å². The highest BCUT2D eigenvalue weighted by Crippen LogP contribution is 2.31. The summed E-state index contributed by atoms with van der Waals surface area (Å²) in [7, 11) is -1.64. The van der Waals surface area contributed by atoms with E-state index in [1.54, 1.807) is 36.2 Å². The molecule has 1 fully saturated rings. The Morgan fingerprint density at radius 3 is 2.45 bits per heavy atom. The number of amides is 1. The number of aryl methyl sites for hydroxylation is 1. The van der Waals surface area contributed by atoms with E-state index >= 15 is 0 Å². The van der Waals surface area contributed by atoms with Crippen LogP contribution in [0, 0.1) is 0 Å². The van der Waals surface area contributed by atoms with E-state index in [1.165, 1.54) is 4.31 Å². The molecule has 8 heteroatoms. The van der Waals surface area contributed by atoms with Gasteiger partial charge < -0.3 is 14.4 Å². The number of hydrogen-bond donors (Lipinski definition) is 0. The number of likely N-dealkylation sites (N-methyl/N-ethyl adjacent to an activating group) is 1. The zero-order chi connectivity index (χ0) is 21.8. The number of rotatable bonds is 7. The monoisotopic (exact) mass is 444 g/mol. The summed E-state index contributed by atoms with van der Waals surface area (Å²) in [6.07, 6.45) is 2.52. The number of carbonyl (C=O) groups excluding carboxylic acids is 1. The summed E-state index contributed by atoms with van der Waals surface area (Å²) in [5.41, 5.74) is 0.938. The predicted octanol–water partition coefficient (Wildman–Crippen LogP) is 2.70. The van der Waals surface area contributed by atoms with Crippen LogP contribution in [0.4, 0.5) is 0 Å². The van der Waals surface area contributed by atoms with Crippen molar-refractivity contribution < 1.29 is 22.7 Å². The first-order valence-electron chi connectivity index (χ1n) is 10.6. The van der Waals surface area contributed by atoms with Crippen LogP contribution in [0.2, 0.25) is 0 Å². The predicted molar refractivity (Wildman–Crippen MR) is 117 cm³/mol. The van der Waals surface area contributed by atoms with Crippen molar-refractivity contribution in [2.24, 2.45) is 0 Å². The zero-order valence-corrected chi connectivity index (χ0v) is 18.5. The Kier molecular flexibility index (Phi) is 6.48. The minimum atomic E-state index is -3.41. The Morgan fingerprint density at radius 2 is 1.74 bits per heavy atom. The molecule has 0 spiro atoms. The normalized spacial score (nSPS) is 18.7. The van der Waals surface area contributed by atoms with Gasteiger partial charge >= 0.3 is 0 Å². The van der Waals surface area contributed by atoms with E-state index < -0.39 is 10.0 Å². The second-order valence-electron chi connectivity index (χ2n) is 8.03. The summed E-state index contributed by atoms with van der Waals surface area (Å²) in [5, 5.41) is 0. The van der Waals surface area contributed by atoms with Crippen LogP contribution in [0.3, 0.4) is 0 Å². The second-order valence-corrected chi connectivity index (χ2v) is 9.96. The summed E-state index contributed by atoms with van der Waals surface area (Å²) in [6.45, 7) is 2.03. The highest BCUT2D eigenvalue weighted by molar-refractivity contribution is 7.89. The van der Waals surface area contributed by atoms with Gasteiger partial charge in [0, 0.05) is 26.6 Å². The highest BCUT2D eigenvalue weighted by Gasteiger charge is 2.27. The van der Waals surface area contributed by atoms with Gasteiger partial charge in [-0.15, -0.1) is 0 Å². The van der Waals surface area contributed by atoms with E-state index in [-0.39, 0.29) is 12.0 Å². The fourth-order valence-corrected chi connectivity index (χ4v) is 5.43. The molecular formula is C23H28N2O5S. The van der Waals surface area contributed by atoms with Crippen molar-refractivity contribution in [3.63, 3.8) is 0 Å². The van der Waals surface area contributed by atoms with E-state index in [4.69, 9.17) is 9.47 Å². The van der Waals surface area contributed by atoms with Gasteiger partial charge in [0.1, 0.15) is 6.61 Å². The van der Waals surface area contributed by atoms with Crippen LogP contribution in [-0.4, -0.2) is 62.9 Å². The molecule has 0 bridgehead atoms. The Labute approximate surface area is 183 Å². The zero-order valence-electron chi connectivity index (χ0n) is 17.7.